The molecule has 106 valence electrons. The standard InChI is InChI=1S/C13H17F2NO3/c1-3-16(9(2)8-17)12(18)10-4-6-11(7-5-10)19-13(14)15/h4-7,9,13,17H,3,8H2,1-2H3/t9-/m0/s1. The molecule has 0 heterocycles. The highest BCUT2D eigenvalue weighted by atomic mass is 19.3. The van der Waals surface area contributed by atoms with Crippen LogP contribution in [0.4, 0.5) is 8.78 Å². The number of halogens is 2. The minimum atomic E-state index is -2.89. The van der Waals surface area contributed by atoms with Crippen LogP contribution in [0, 0.1) is 0 Å². The molecule has 6 heteroatoms. The summed E-state index contributed by atoms with van der Waals surface area (Å²) in [4.78, 5) is 13.6. The molecule has 4 nitrogen and oxygen atoms in total. The first-order chi connectivity index (χ1) is 8.99. The molecule has 1 N–H and O–H groups in total. The normalized spacial score (nSPS) is 12.3. The third-order valence-electron chi connectivity index (χ3n) is 2.72. The van der Waals surface area contributed by atoms with Gasteiger partial charge in [-0.3, -0.25) is 4.79 Å². The average Bonchev–Trinajstić information content (AvgIpc) is 2.39. The summed E-state index contributed by atoms with van der Waals surface area (Å²) >= 11 is 0. The molecule has 1 amide bonds. The number of amides is 1. The van der Waals surface area contributed by atoms with Crippen LogP contribution in [0.3, 0.4) is 0 Å². The second-order valence-electron chi connectivity index (χ2n) is 4.03. The summed E-state index contributed by atoms with van der Waals surface area (Å²) in [6.45, 7) is 0.971. The van der Waals surface area contributed by atoms with E-state index in [1.165, 1.54) is 29.2 Å². The first-order valence-electron chi connectivity index (χ1n) is 5.96. The first kappa shape index (κ1) is 15.4. The highest BCUT2D eigenvalue weighted by molar-refractivity contribution is 5.94. The van der Waals surface area contributed by atoms with Crippen molar-refractivity contribution in [1.29, 1.82) is 0 Å². The Morgan fingerprint density at radius 1 is 1.37 bits per heavy atom. The van der Waals surface area contributed by atoms with Crippen molar-refractivity contribution in [2.75, 3.05) is 13.2 Å². The molecule has 1 aromatic carbocycles. The summed E-state index contributed by atoms with van der Waals surface area (Å²) in [5.74, 6) is -0.252. The Labute approximate surface area is 110 Å². The summed E-state index contributed by atoms with van der Waals surface area (Å²) in [7, 11) is 0. The predicted molar refractivity (Wildman–Crippen MR) is 66.3 cm³/mol. The van der Waals surface area contributed by atoms with Gasteiger partial charge in [-0.25, -0.2) is 0 Å². The van der Waals surface area contributed by atoms with Gasteiger partial charge in [0.25, 0.3) is 5.91 Å². The minimum absolute atomic E-state index is 0.00445. The lowest BCUT2D eigenvalue weighted by atomic mass is 10.1. The Hall–Kier alpha value is -1.69. The van der Waals surface area contributed by atoms with Crippen molar-refractivity contribution >= 4 is 5.91 Å². The van der Waals surface area contributed by atoms with Crippen molar-refractivity contribution < 1.29 is 23.4 Å². The molecule has 0 aliphatic carbocycles. The Morgan fingerprint density at radius 2 is 1.95 bits per heavy atom. The van der Waals surface area contributed by atoms with Gasteiger partial charge in [-0.2, -0.15) is 8.78 Å². The molecule has 0 aliphatic heterocycles. The third-order valence-corrected chi connectivity index (χ3v) is 2.72. The first-order valence-corrected chi connectivity index (χ1v) is 5.96. The molecule has 0 saturated carbocycles. The zero-order chi connectivity index (χ0) is 14.4. The summed E-state index contributed by atoms with van der Waals surface area (Å²) in [6, 6.07) is 5.18. The lowest BCUT2D eigenvalue weighted by Gasteiger charge is -2.26. The van der Waals surface area contributed by atoms with Crippen molar-refractivity contribution in [3.05, 3.63) is 29.8 Å². The number of carbonyl (C=O) groups excluding carboxylic acids is 1. The zero-order valence-corrected chi connectivity index (χ0v) is 10.8. The van der Waals surface area contributed by atoms with Crippen LogP contribution in [0.2, 0.25) is 0 Å². The maximum absolute atomic E-state index is 12.1. The lowest BCUT2D eigenvalue weighted by Crippen LogP contribution is -2.40. The van der Waals surface area contributed by atoms with Crippen molar-refractivity contribution in [3.8, 4) is 5.75 Å². The van der Waals surface area contributed by atoms with Crippen molar-refractivity contribution in [2.24, 2.45) is 0 Å². The van der Waals surface area contributed by atoms with Gasteiger partial charge in [0.1, 0.15) is 5.75 Å². The molecule has 0 unspecified atom stereocenters. The van der Waals surface area contributed by atoms with E-state index in [1.807, 2.05) is 0 Å². The second kappa shape index (κ2) is 7.04. The molecule has 0 saturated heterocycles. The molecule has 19 heavy (non-hydrogen) atoms. The van der Waals surface area contributed by atoms with Gasteiger partial charge in [0.15, 0.2) is 0 Å². The number of alkyl halides is 2. The molecule has 0 radical (unpaired) electrons. The predicted octanol–water partition coefficient (Wildman–Crippen LogP) is 2.13. The quantitative estimate of drug-likeness (QED) is 0.863. The number of rotatable bonds is 6. The van der Waals surface area contributed by atoms with Crippen molar-refractivity contribution in [2.45, 2.75) is 26.5 Å². The molecule has 0 bridgehead atoms. The number of likely N-dealkylation sites (N-methyl/N-ethyl adjacent to an activating group) is 1. The molecular weight excluding hydrogens is 256 g/mol. The van der Waals surface area contributed by atoms with E-state index in [4.69, 9.17) is 5.11 Å². The zero-order valence-electron chi connectivity index (χ0n) is 10.8. The number of aliphatic hydroxyl groups is 1. The fourth-order valence-electron chi connectivity index (χ4n) is 1.70. The van der Waals surface area contributed by atoms with E-state index in [1.54, 1.807) is 13.8 Å². The van der Waals surface area contributed by atoms with E-state index in [0.717, 1.165) is 0 Å². The van der Waals surface area contributed by atoms with Crippen molar-refractivity contribution in [3.63, 3.8) is 0 Å². The second-order valence-corrected chi connectivity index (χ2v) is 4.03. The van der Waals surface area contributed by atoms with Gasteiger partial charge in [0.05, 0.1) is 12.6 Å². The molecule has 1 rings (SSSR count). The number of ether oxygens (including phenoxy) is 1. The van der Waals surface area contributed by atoms with Crippen LogP contribution in [0.15, 0.2) is 24.3 Å². The summed E-state index contributed by atoms with van der Waals surface area (Å²) in [5.41, 5.74) is 0.365. The highest BCUT2D eigenvalue weighted by Crippen LogP contribution is 2.16. The number of nitrogens with zero attached hydrogens (tertiary/aromatic N) is 1. The van der Waals surface area contributed by atoms with Crippen LogP contribution in [0.5, 0.6) is 5.75 Å². The maximum atomic E-state index is 12.1. The molecule has 0 fully saturated rings. The Morgan fingerprint density at radius 3 is 2.37 bits per heavy atom. The smallest absolute Gasteiger partial charge is 0.387 e. The van der Waals surface area contributed by atoms with E-state index < -0.39 is 6.61 Å². The van der Waals surface area contributed by atoms with Gasteiger partial charge in [-0.1, -0.05) is 0 Å². The Bertz CT molecular complexity index is 409. The maximum Gasteiger partial charge on any atom is 0.387 e. The number of hydrogen-bond donors (Lipinski definition) is 1. The number of carbonyl (C=O) groups is 1. The molecule has 0 spiro atoms. The van der Waals surface area contributed by atoms with Gasteiger partial charge >= 0.3 is 6.61 Å². The van der Waals surface area contributed by atoms with E-state index >= 15 is 0 Å². The number of aliphatic hydroxyl groups excluding tert-OH is 1. The van der Waals surface area contributed by atoms with Crippen LogP contribution in [0.25, 0.3) is 0 Å². The molecular formula is C13H17F2NO3. The number of benzene rings is 1. The topological polar surface area (TPSA) is 49.8 Å². The fourth-order valence-corrected chi connectivity index (χ4v) is 1.70. The van der Waals surface area contributed by atoms with Gasteiger partial charge in [-0.05, 0) is 38.1 Å². The minimum Gasteiger partial charge on any atom is -0.435 e. The van der Waals surface area contributed by atoms with Gasteiger partial charge in [0, 0.05) is 12.1 Å². The summed E-state index contributed by atoms with van der Waals surface area (Å²) < 4.78 is 28.2. The Kier molecular flexibility index (Phi) is 5.69. The largest absolute Gasteiger partial charge is 0.435 e. The van der Waals surface area contributed by atoms with Gasteiger partial charge < -0.3 is 14.7 Å². The monoisotopic (exact) mass is 273 g/mol. The van der Waals surface area contributed by atoms with Crippen LogP contribution < -0.4 is 4.74 Å². The van der Waals surface area contributed by atoms with Crippen molar-refractivity contribution in [1.82, 2.24) is 4.90 Å². The van der Waals surface area contributed by atoms with E-state index in [9.17, 15) is 13.6 Å². The van der Waals surface area contributed by atoms with Gasteiger partial charge in [0.2, 0.25) is 0 Å². The van der Waals surface area contributed by atoms with Crippen LogP contribution >= 0.6 is 0 Å². The third kappa shape index (κ3) is 4.17. The fraction of sp³-hybridized carbons (Fsp3) is 0.462. The van der Waals surface area contributed by atoms with Gasteiger partial charge in [-0.15, -0.1) is 0 Å². The van der Waals surface area contributed by atoms with E-state index in [-0.39, 0.29) is 24.3 Å². The van der Waals surface area contributed by atoms with E-state index in [2.05, 4.69) is 4.74 Å². The SMILES string of the molecule is CCN(C(=O)c1ccc(OC(F)F)cc1)[C@@H](C)CO. The number of hydrogen-bond acceptors (Lipinski definition) is 3. The summed E-state index contributed by atoms with van der Waals surface area (Å²) in [6.07, 6.45) is 0. The highest BCUT2D eigenvalue weighted by Gasteiger charge is 2.19. The molecule has 0 aliphatic rings. The molecule has 0 aromatic heterocycles. The molecule has 1 aromatic rings. The van der Waals surface area contributed by atoms with Crippen LogP contribution in [-0.2, 0) is 0 Å². The Balaban J connectivity index is 2.82. The summed E-state index contributed by atoms with van der Waals surface area (Å²) in [5, 5.41) is 9.08. The van der Waals surface area contributed by atoms with Crippen LogP contribution in [-0.4, -0.2) is 41.7 Å². The average molecular weight is 273 g/mol. The molecule has 1 atom stereocenters. The van der Waals surface area contributed by atoms with E-state index in [0.29, 0.717) is 12.1 Å². The lowest BCUT2D eigenvalue weighted by molar-refractivity contribution is -0.0498. The van der Waals surface area contributed by atoms with Crippen LogP contribution in [0.1, 0.15) is 24.2 Å².